The summed E-state index contributed by atoms with van der Waals surface area (Å²) < 4.78 is 50.7. The number of ether oxygens (including phenoxy) is 2. The van der Waals surface area contributed by atoms with E-state index in [0.717, 1.165) is 11.8 Å². The van der Waals surface area contributed by atoms with Crippen molar-refractivity contribution < 1.29 is 22.6 Å². The van der Waals surface area contributed by atoms with Gasteiger partial charge in [0.2, 0.25) is 11.8 Å². The van der Waals surface area contributed by atoms with Gasteiger partial charge in [0.05, 0.1) is 27.0 Å². The molecule has 0 saturated carbocycles. The van der Waals surface area contributed by atoms with Gasteiger partial charge in [0.1, 0.15) is 29.1 Å². The summed E-state index contributed by atoms with van der Waals surface area (Å²) in [4.78, 5) is 36.1. The Bertz CT molecular complexity index is 1620. The Hall–Kier alpha value is -4.81. The molecule has 0 spiro atoms. The number of hydrogen-bond donors (Lipinski definition) is 1. The van der Waals surface area contributed by atoms with Gasteiger partial charge in [-0.05, 0) is 11.6 Å². The highest BCUT2D eigenvalue weighted by atomic mass is 19.4. The maximum atomic E-state index is 12.9. The summed E-state index contributed by atoms with van der Waals surface area (Å²) in [6, 6.07) is 9.69. The second-order valence-electron chi connectivity index (χ2n) is 7.84. The highest BCUT2D eigenvalue weighted by Gasteiger charge is 2.33. The topological polar surface area (TPSA) is 121 Å². The van der Waals surface area contributed by atoms with Crippen molar-refractivity contribution in [1.82, 2.24) is 34.5 Å². The number of halogens is 3. The van der Waals surface area contributed by atoms with E-state index in [4.69, 9.17) is 9.47 Å². The number of rotatable bonds is 6. The molecule has 0 bridgehead atoms. The number of alkyl halides is 3. The summed E-state index contributed by atoms with van der Waals surface area (Å²) in [7, 11) is 2.89. The van der Waals surface area contributed by atoms with Gasteiger partial charge in [-0.15, -0.1) is 0 Å². The van der Waals surface area contributed by atoms with E-state index in [9.17, 15) is 18.0 Å². The molecule has 13 heteroatoms. The number of nitrogens with one attached hydrogen (secondary N) is 1. The third-order valence-corrected chi connectivity index (χ3v) is 5.56. The van der Waals surface area contributed by atoms with Crippen LogP contribution in [0.4, 0.5) is 13.2 Å². The average Bonchev–Trinajstić information content (AvgIpc) is 3.41. The smallest absolute Gasteiger partial charge is 0.432 e. The number of aromatic amines is 1. The summed E-state index contributed by atoms with van der Waals surface area (Å²) >= 11 is 0. The van der Waals surface area contributed by atoms with Crippen molar-refractivity contribution in [3.8, 4) is 34.5 Å². The van der Waals surface area contributed by atoms with Gasteiger partial charge < -0.3 is 14.5 Å². The van der Waals surface area contributed by atoms with Crippen LogP contribution < -0.4 is 15.0 Å². The van der Waals surface area contributed by atoms with Crippen molar-refractivity contribution in [2.75, 3.05) is 14.2 Å². The number of nitrogens with zero attached hydrogens (tertiary/aromatic N) is 6. The Labute approximate surface area is 206 Å². The molecule has 0 fully saturated rings. The van der Waals surface area contributed by atoms with E-state index in [1.165, 1.54) is 31.2 Å². The molecule has 0 unspecified atom stereocenters. The van der Waals surface area contributed by atoms with Crippen molar-refractivity contribution >= 4 is 11.0 Å². The van der Waals surface area contributed by atoms with Gasteiger partial charge in [-0.1, -0.05) is 24.3 Å². The molecular weight excluding hydrogens is 491 g/mol. The van der Waals surface area contributed by atoms with Gasteiger partial charge in [-0.2, -0.15) is 13.2 Å². The minimum Gasteiger partial charge on any atom is -0.480 e. The van der Waals surface area contributed by atoms with E-state index in [1.54, 1.807) is 36.5 Å². The number of H-pyrrole nitrogens is 1. The van der Waals surface area contributed by atoms with Crippen LogP contribution in [0.2, 0.25) is 0 Å². The first kappa shape index (κ1) is 23.9. The molecule has 4 heterocycles. The summed E-state index contributed by atoms with van der Waals surface area (Å²) in [6.45, 7) is 0.151. The number of fused-ring (bicyclic) bond motifs is 1. The summed E-state index contributed by atoms with van der Waals surface area (Å²) in [6.07, 6.45) is -0.911. The average molecular weight is 509 g/mol. The third-order valence-electron chi connectivity index (χ3n) is 5.56. The Morgan fingerprint density at radius 1 is 0.919 bits per heavy atom. The van der Waals surface area contributed by atoms with Gasteiger partial charge >= 0.3 is 6.18 Å². The largest absolute Gasteiger partial charge is 0.480 e. The Morgan fingerprint density at radius 2 is 1.62 bits per heavy atom. The lowest BCUT2D eigenvalue weighted by atomic mass is 10.1. The molecule has 0 aliphatic heterocycles. The molecular formula is C24H18F3N7O3. The second-order valence-corrected chi connectivity index (χ2v) is 7.84. The first-order valence-corrected chi connectivity index (χ1v) is 10.8. The maximum absolute atomic E-state index is 12.9. The van der Waals surface area contributed by atoms with Gasteiger partial charge in [0.25, 0.3) is 5.56 Å². The second kappa shape index (κ2) is 9.33. The molecule has 1 N–H and O–H groups in total. The molecule has 0 radical (unpaired) electrons. The first-order chi connectivity index (χ1) is 17.8. The van der Waals surface area contributed by atoms with Gasteiger partial charge in [-0.3, -0.25) is 9.36 Å². The maximum Gasteiger partial charge on any atom is 0.432 e. The number of imidazole rings is 1. The fourth-order valence-electron chi connectivity index (χ4n) is 3.76. The Balaban J connectivity index is 1.52. The molecule has 1 aromatic carbocycles. The molecule has 0 saturated heterocycles. The van der Waals surface area contributed by atoms with Crippen LogP contribution in [0.1, 0.15) is 11.3 Å². The molecule has 5 rings (SSSR count). The minimum absolute atomic E-state index is 0.0894. The van der Waals surface area contributed by atoms with E-state index < -0.39 is 11.9 Å². The first-order valence-electron chi connectivity index (χ1n) is 10.8. The fraction of sp³-hybridized carbons (Fsp3) is 0.167. The molecule has 0 amide bonds. The molecule has 188 valence electrons. The van der Waals surface area contributed by atoms with Crippen molar-refractivity contribution in [2.24, 2.45) is 0 Å². The van der Waals surface area contributed by atoms with Crippen LogP contribution in [-0.4, -0.2) is 48.7 Å². The Kier molecular flexibility index (Phi) is 6.03. The van der Waals surface area contributed by atoms with Crippen LogP contribution in [0, 0.1) is 0 Å². The van der Waals surface area contributed by atoms with Crippen LogP contribution >= 0.6 is 0 Å². The zero-order chi connectivity index (χ0) is 26.2. The van der Waals surface area contributed by atoms with Gasteiger partial charge in [-0.25, -0.2) is 24.9 Å². The predicted octanol–water partition coefficient (Wildman–Crippen LogP) is 3.72. The van der Waals surface area contributed by atoms with Crippen LogP contribution in [0.25, 0.3) is 33.8 Å². The standard InChI is InChI=1S/C24H18F3N7O3/c1-36-22-18(23(37-2)31-12-30-22)20-28-9-15-7-8-17(35)34(21(15)33-20)11-13-3-5-14(6-4-13)19-29-10-16(32-19)24(25,26)27/h3-10,12H,11H2,1-2H3,(H,29,32). The van der Waals surface area contributed by atoms with Crippen molar-refractivity contribution in [3.63, 3.8) is 0 Å². The zero-order valence-corrected chi connectivity index (χ0v) is 19.4. The highest BCUT2D eigenvalue weighted by molar-refractivity contribution is 5.78. The summed E-state index contributed by atoms with van der Waals surface area (Å²) in [5, 5.41) is 0.616. The van der Waals surface area contributed by atoms with Crippen molar-refractivity contribution in [2.45, 2.75) is 12.7 Å². The van der Waals surface area contributed by atoms with E-state index in [-0.39, 0.29) is 35.5 Å². The van der Waals surface area contributed by atoms with E-state index >= 15 is 0 Å². The van der Waals surface area contributed by atoms with Crippen LogP contribution in [0.5, 0.6) is 11.8 Å². The monoisotopic (exact) mass is 509 g/mol. The number of benzene rings is 1. The van der Waals surface area contributed by atoms with E-state index in [1.807, 2.05) is 0 Å². The van der Waals surface area contributed by atoms with E-state index in [0.29, 0.717) is 22.2 Å². The minimum atomic E-state index is -4.51. The lowest BCUT2D eigenvalue weighted by Gasteiger charge is -2.13. The number of methoxy groups -OCH3 is 2. The SMILES string of the molecule is COc1ncnc(OC)c1-c1ncc2ccc(=O)n(Cc3ccc(-c4ncc(C(F)(F)F)[nH]4)cc3)c2n1. The van der Waals surface area contributed by atoms with Crippen molar-refractivity contribution in [3.05, 3.63) is 76.7 Å². The lowest BCUT2D eigenvalue weighted by molar-refractivity contribution is -0.140. The summed E-state index contributed by atoms with van der Waals surface area (Å²) in [5.74, 6) is 0.706. The Morgan fingerprint density at radius 3 is 2.24 bits per heavy atom. The molecule has 37 heavy (non-hydrogen) atoms. The zero-order valence-electron chi connectivity index (χ0n) is 19.4. The molecule has 4 aromatic heterocycles. The predicted molar refractivity (Wildman–Crippen MR) is 126 cm³/mol. The van der Waals surface area contributed by atoms with Gasteiger partial charge in [0.15, 0.2) is 5.82 Å². The van der Waals surface area contributed by atoms with Crippen molar-refractivity contribution in [1.29, 1.82) is 0 Å². The number of aromatic nitrogens is 7. The third kappa shape index (κ3) is 4.58. The van der Waals surface area contributed by atoms with Gasteiger partial charge in [0, 0.05) is 23.2 Å². The van der Waals surface area contributed by atoms with Crippen LogP contribution in [-0.2, 0) is 12.7 Å². The highest BCUT2D eigenvalue weighted by Crippen LogP contribution is 2.33. The normalized spacial score (nSPS) is 11.6. The number of hydrogen-bond acceptors (Lipinski definition) is 8. The molecule has 5 aromatic rings. The van der Waals surface area contributed by atoms with E-state index in [2.05, 4.69) is 29.9 Å². The molecule has 0 aliphatic carbocycles. The van der Waals surface area contributed by atoms with Crippen LogP contribution in [0.15, 0.2) is 59.9 Å². The summed E-state index contributed by atoms with van der Waals surface area (Å²) in [5.41, 5.74) is 0.650. The van der Waals surface area contributed by atoms with Crippen LogP contribution in [0.3, 0.4) is 0 Å². The number of pyridine rings is 1. The lowest BCUT2D eigenvalue weighted by Crippen LogP contribution is -2.21. The molecule has 10 nitrogen and oxygen atoms in total. The fourth-order valence-corrected chi connectivity index (χ4v) is 3.76. The quantitative estimate of drug-likeness (QED) is 0.368. The molecule has 0 aliphatic rings. The molecule has 0 atom stereocenters.